The van der Waals surface area contributed by atoms with E-state index in [1.165, 1.54) is 4.90 Å². The molecule has 2 atom stereocenters. The highest BCUT2D eigenvalue weighted by Gasteiger charge is 2.53. The van der Waals surface area contributed by atoms with Crippen molar-refractivity contribution >= 4 is 29.9 Å². The molecule has 1 aromatic rings. The van der Waals surface area contributed by atoms with E-state index in [0.29, 0.717) is 12.2 Å². The van der Waals surface area contributed by atoms with E-state index in [0.717, 1.165) is 11.1 Å². The summed E-state index contributed by atoms with van der Waals surface area (Å²) >= 11 is 1.55. The van der Waals surface area contributed by atoms with Gasteiger partial charge in [-0.1, -0.05) is 36.4 Å². The van der Waals surface area contributed by atoms with E-state index in [-0.39, 0.29) is 17.0 Å². The highest BCUT2D eigenvalue weighted by atomic mass is 32.2. The number of allylic oxidation sites excluding steroid dienone is 1. The van der Waals surface area contributed by atoms with Crippen LogP contribution in [0.4, 0.5) is 0 Å². The van der Waals surface area contributed by atoms with Crippen LogP contribution in [0.1, 0.15) is 12.0 Å². The first kappa shape index (κ1) is 15.6. The van der Waals surface area contributed by atoms with Gasteiger partial charge in [-0.15, -0.1) is 18.3 Å². The van der Waals surface area contributed by atoms with Crippen molar-refractivity contribution in [3.8, 4) is 0 Å². The molecule has 2 heterocycles. The molecule has 1 N–H and O–H groups in total. The quantitative estimate of drug-likeness (QED) is 0.511. The first-order valence-corrected chi connectivity index (χ1v) is 8.27. The van der Waals surface area contributed by atoms with Crippen molar-refractivity contribution in [3.05, 3.63) is 59.8 Å². The third-order valence-electron chi connectivity index (χ3n) is 3.80. The molecular weight excluding hydrogens is 312 g/mol. The number of benzene rings is 1. The lowest BCUT2D eigenvalue weighted by Gasteiger charge is -2.47. The molecular formula is C17H16N2O3S. The van der Waals surface area contributed by atoms with Gasteiger partial charge >= 0.3 is 5.97 Å². The van der Waals surface area contributed by atoms with Crippen molar-refractivity contribution in [3.63, 3.8) is 0 Å². The van der Waals surface area contributed by atoms with Gasteiger partial charge in [-0.25, -0.2) is 4.79 Å². The summed E-state index contributed by atoms with van der Waals surface area (Å²) < 4.78 is 0. The molecule has 0 radical (unpaired) electrons. The van der Waals surface area contributed by atoms with Crippen LogP contribution in [0.3, 0.4) is 0 Å². The first-order chi connectivity index (χ1) is 11.1. The zero-order valence-electron chi connectivity index (χ0n) is 12.4. The number of fused-ring (bicyclic) bond motifs is 1. The number of rotatable bonds is 5. The van der Waals surface area contributed by atoms with E-state index in [9.17, 15) is 14.7 Å². The van der Waals surface area contributed by atoms with Crippen molar-refractivity contribution in [1.82, 2.24) is 4.90 Å². The van der Waals surface area contributed by atoms with Gasteiger partial charge in [0.1, 0.15) is 11.1 Å². The van der Waals surface area contributed by atoms with E-state index >= 15 is 0 Å². The van der Waals surface area contributed by atoms with Crippen molar-refractivity contribution in [1.29, 1.82) is 0 Å². The van der Waals surface area contributed by atoms with E-state index < -0.39 is 12.0 Å². The molecule has 2 aliphatic heterocycles. The van der Waals surface area contributed by atoms with E-state index in [1.807, 2.05) is 30.3 Å². The number of carbonyl (C=O) groups is 2. The summed E-state index contributed by atoms with van der Waals surface area (Å²) in [5.41, 5.74) is 1.75. The van der Waals surface area contributed by atoms with Crippen LogP contribution in [0.5, 0.6) is 0 Å². The SMILES string of the molecule is C=CCC1=C(C(=O)O)N2C(=O)C(N=Cc3ccccc3)[C@@H]2SC1. The van der Waals surface area contributed by atoms with Crippen LogP contribution < -0.4 is 0 Å². The number of carboxylic acid groups (broad SMARTS) is 1. The average Bonchev–Trinajstić information content (AvgIpc) is 2.55. The molecule has 0 saturated carbocycles. The molecule has 0 bridgehead atoms. The second-order valence-electron chi connectivity index (χ2n) is 5.29. The molecule has 5 nitrogen and oxygen atoms in total. The molecule has 0 aliphatic carbocycles. The van der Waals surface area contributed by atoms with Gasteiger partial charge in [-0.2, -0.15) is 0 Å². The highest BCUT2D eigenvalue weighted by molar-refractivity contribution is 8.00. The van der Waals surface area contributed by atoms with Gasteiger partial charge in [0.2, 0.25) is 0 Å². The van der Waals surface area contributed by atoms with Crippen LogP contribution in [0, 0.1) is 0 Å². The molecule has 1 unspecified atom stereocenters. The number of aliphatic carboxylic acids is 1. The second-order valence-corrected chi connectivity index (χ2v) is 6.40. The van der Waals surface area contributed by atoms with Crippen molar-refractivity contribution in [2.24, 2.45) is 4.99 Å². The summed E-state index contributed by atoms with van der Waals surface area (Å²) in [4.78, 5) is 29.6. The van der Waals surface area contributed by atoms with Crippen LogP contribution in [-0.4, -0.2) is 45.3 Å². The van der Waals surface area contributed by atoms with Gasteiger partial charge < -0.3 is 5.11 Å². The Hall–Kier alpha value is -2.34. The third-order valence-corrected chi connectivity index (χ3v) is 5.12. The number of hydrogen-bond donors (Lipinski definition) is 1. The van der Waals surface area contributed by atoms with Gasteiger partial charge in [0.25, 0.3) is 5.91 Å². The van der Waals surface area contributed by atoms with E-state index in [1.54, 1.807) is 24.1 Å². The fourth-order valence-electron chi connectivity index (χ4n) is 2.70. The molecule has 1 saturated heterocycles. The summed E-state index contributed by atoms with van der Waals surface area (Å²) in [6, 6.07) is 9.01. The van der Waals surface area contributed by atoms with Gasteiger partial charge in [-0.05, 0) is 17.6 Å². The Balaban J connectivity index is 1.81. The smallest absolute Gasteiger partial charge is 0.352 e. The van der Waals surface area contributed by atoms with Crippen molar-refractivity contribution < 1.29 is 14.7 Å². The van der Waals surface area contributed by atoms with E-state index in [2.05, 4.69) is 11.6 Å². The maximum Gasteiger partial charge on any atom is 0.352 e. The Bertz CT molecular complexity index is 712. The second kappa shape index (κ2) is 6.42. The van der Waals surface area contributed by atoms with Crippen LogP contribution in [-0.2, 0) is 9.59 Å². The number of aliphatic imine (C=N–C) groups is 1. The molecule has 6 heteroatoms. The Morgan fingerprint density at radius 1 is 1.43 bits per heavy atom. The minimum atomic E-state index is -1.06. The standard InChI is InChI=1S/C17H16N2O3S/c1-2-6-12-10-23-16-13(15(20)19(16)14(12)17(21)22)18-9-11-7-4-3-5-8-11/h2-5,7-9,13,16H,1,6,10H2,(H,21,22)/t13?,16-/m0/s1. The van der Waals surface area contributed by atoms with Crippen LogP contribution in [0.25, 0.3) is 0 Å². The lowest BCUT2D eigenvalue weighted by Crippen LogP contribution is -2.64. The Kier molecular flexibility index (Phi) is 4.34. The highest BCUT2D eigenvalue weighted by Crippen LogP contribution is 2.42. The predicted molar refractivity (Wildman–Crippen MR) is 90.4 cm³/mol. The number of β-lactam (4-membered cyclic amide) rings is 1. The number of nitrogens with zero attached hydrogens (tertiary/aromatic N) is 2. The molecule has 23 heavy (non-hydrogen) atoms. The maximum absolute atomic E-state index is 12.4. The number of carbonyl (C=O) groups excluding carboxylic acids is 1. The summed E-state index contributed by atoms with van der Waals surface area (Å²) in [7, 11) is 0. The monoisotopic (exact) mass is 328 g/mol. The Labute approximate surface area is 138 Å². The van der Waals surface area contributed by atoms with Gasteiger partial charge in [0.05, 0.1) is 0 Å². The molecule has 0 spiro atoms. The fourth-order valence-corrected chi connectivity index (χ4v) is 4.06. The molecule has 1 aromatic carbocycles. The summed E-state index contributed by atoms with van der Waals surface area (Å²) in [5, 5.41) is 9.20. The first-order valence-electron chi connectivity index (χ1n) is 7.22. The molecule has 1 amide bonds. The van der Waals surface area contributed by atoms with Crippen LogP contribution >= 0.6 is 11.8 Å². The Morgan fingerprint density at radius 3 is 2.83 bits per heavy atom. The normalized spacial score (nSPS) is 23.7. The van der Waals surface area contributed by atoms with Crippen LogP contribution in [0.2, 0.25) is 0 Å². The summed E-state index contributed by atoms with van der Waals surface area (Å²) in [5.74, 6) is -0.737. The largest absolute Gasteiger partial charge is 0.477 e. The van der Waals surface area contributed by atoms with Gasteiger partial charge in [-0.3, -0.25) is 14.7 Å². The van der Waals surface area contributed by atoms with Gasteiger partial charge in [0, 0.05) is 12.0 Å². The third kappa shape index (κ3) is 2.82. The number of hydrogen-bond acceptors (Lipinski definition) is 4. The summed E-state index contributed by atoms with van der Waals surface area (Å²) in [6.07, 6.45) is 3.81. The lowest BCUT2D eigenvalue weighted by atomic mass is 10.0. The van der Waals surface area contributed by atoms with E-state index in [4.69, 9.17) is 0 Å². The topological polar surface area (TPSA) is 70.0 Å². The molecule has 0 aromatic heterocycles. The number of thioether (sulfide) groups is 1. The number of carboxylic acids is 1. The zero-order chi connectivity index (χ0) is 16.4. The van der Waals surface area contributed by atoms with Crippen LogP contribution in [0.15, 0.2) is 59.2 Å². The minimum absolute atomic E-state index is 0.102. The van der Waals surface area contributed by atoms with Gasteiger partial charge in [0.15, 0.2) is 6.04 Å². The van der Waals surface area contributed by atoms with Crippen molar-refractivity contribution in [2.45, 2.75) is 17.8 Å². The average molecular weight is 328 g/mol. The molecule has 2 aliphatic rings. The molecule has 1 fully saturated rings. The Morgan fingerprint density at radius 2 is 2.17 bits per heavy atom. The summed E-state index contributed by atoms with van der Waals surface area (Å²) in [6.45, 7) is 3.64. The predicted octanol–water partition coefficient (Wildman–Crippen LogP) is 2.30. The zero-order valence-corrected chi connectivity index (χ0v) is 13.2. The maximum atomic E-state index is 12.4. The minimum Gasteiger partial charge on any atom is -0.477 e. The lowest BCUT2D eigenvalue weighted by molar-refractivity contribution is -0.147. The molecule has 118 valence electrons. The molecule has 3 rings (SSSR count). The number of amides is 1. The fraction of sp³-hybridized carbons (Fsp3) is 0.235. The van der Waals surface area contributed by atoms with Crippen molar-refractivity contribution in [2.75, 3.05) is 5.75 Å².